The summed E-state index contributed by atoms with van der Waals surface area (Å²) in [6.45, 7) is 5.21. The molecule has 0 radical (unpaired) electrons. The van der Waals surface area contributed by atoms with Crippen LogP contribution in [0.2, 0.25) is 0 Å². The van der Waals surface area contributed by atoms with Crippen LogP contribution in [0, 0.1) is 0 Å². The first-order valence-corrected chi connectivity index (χ1v) is 6.24. The average molecular weight is 258 g/mol. The Labute approximate surface area is 108 Å². The van der Waals surface area contributed by atoms with Gasteiger partial charge in [-0.1, -0.05) is 0 Å². The van der Waals surface area contributed by atoms with Crippen LogP contribution in [0.25, 0.3) is 0 Å². The number of hydrogen-bond donors (Lipinski definition) is 0. The summed E-state index contributed by atoms with van der Waals surface area (Å²) in [5.74, 6) is -0.328. The van der Waals surface area contributed by atoms with E-state index in [1.54, 1.807) is 0 Å². The summed E-state index contributed by atoms with van der Waals surface area (Å²) in [4.78, 5) is 26.5. The highest BCUT2D eigenvalue weighted by Gasteiger charge is 2.18. The largest absolute Gasteiger partial charge is 0.469 e. The topological polar surface area (TPSA) is 59.1 Å². The molecule has 0 amide bonds. The van der Waals surface area contributed by atoms with E-state index in [0.717, 1.165) is 39.3 Å². The summed E-state index contributed by atoms with van der Waals surface area (Å²) in [6.07, 6.45) is 0.886. The Bertz CT molecular complexity index is 247. The average Bonchev–Trinajstić information content (AvgIpc) is 2.43. The predicted molar refractivity (Wildman–Crippen MR) is 66.1 cm³/mol. The first-order chi connectivity index (χ1) is 8.65. The van der Waals surface area contributed by atoms with Crippen LogP contribution < -0.4 is 0 Å². The number of piperazine rings is 1. The number of rotatable bonds is 6. The van der Waals surface area contributed by atoms with Crippen LogP contribution in [-0.4, -0.2) is 75.2 Å². The lowest BCUT2D eigenvalue weighted by Crippen LogP contribution is -2.47. The van der Waals surface area contributed by atoms with Crippen molar-refractivity contribution in [3.8, 4) is 0 Å². The van der Waals surface area contributed by atoms with Gasteiger partial charge in [-0.2, -0.15) is 0 Å². The summed E-state index contributed by atoms with van der Waals surface area (Å²) in [5, 5.41) is 0. The lowest BCUT2D eigenvalue weighted by atomic mass is 10.2. The second-order valence-corrected chi connectivity index (χ2v) is 4.34. The van der Waals surface area contributed by atoms with Gasteiger partial charge in [0.2, 0.25) is 0 Å². The Morgan fingerprint density at radius 3 is 1.44 bits per heavy atom. The lowest BCUT2D eigenvalue weighted by molar-refractivity contribution is -0.142. The van der Waals surface area contributed by atoms with E-state index < -0.39 is 0 Å². The molecule has 6 nitrogen and oxygen atoms in total. The summed E-state index contributed by atoms with van der Waals surface area (Å²) < 4.78 is 9.22. The van der Waals surface area contributed by atoms with E-state index in [4.69, 9.17) is 0 Å². The molecule has 0 bridgehead atoms. The van der Waals surface area contributed by atoms with Gasteiger partial charge in [0.1, 0.15) is 0 Å². The van der Waals surface area contributed by atoms with Gasteiger partial charge in [0, 0.05) is 39.3 Å². The Kier molecular flexibility index (Phi) is 6.67. The molecule has 0 aromatic heterocycles. The zero-order valence-electron chi connectivity index (χ0n) is 11.2. The molecule has 1 rings (SSSR count). The molecule has 0 atom stereocenters. The molecule has 0 aromatic rings. The zero-order chi connectivity index (χ0) is 13.4. The quantitative estimate of drug-likeness (QED) is 0.611. The van der Waals surface area contributed by atoms with Crippen molar-refractivity contribution < 1.29 is 19.1 Å². The third kappa shape index (κ3) is 5.46. The van der Waals surface area contributed by atoms with E-state index in [9.17, 15) is 9.59 Å². The standard InChI is InChI=1S/C12H22N2O4/c1-17-11(15)3-5-13-7-9-14(10-8-13)6-4-12(16)18-2/h3-10H2,1-2H3. The minimum absolute atomic E-state index is 0.164. The Hall–Kier alpha value is -1.14. The number of ether oxygens (including phenoxy) is 2. The van der Waals surface area contributed by atoms with Crippen molar-refractivity contribution in [3.63, 3.8) is 0 Å². The molecule has 0 unspecified atom stereocenters. The van der Waals surface area contributed by atoms with Crippen molar-refractivity contribution in [2.75, 3.05) is 53.5 Å². The van der Waals surface area contributed by atoms with Gasteiger partial charge in [-0.3, -0.25) is 9.59 Å². The molecule has 0 saturated carbocycles. The van der Waals surface area contributed by atoms with E-state index in [-0.39, 0.29) is 11.9 Å². The maximum Gasteiger partial charge on any atom is 0.306 e. The van der Waals surface area contributed by atoms with E-state index in [1.807, 2.05) is 0 Å². The minimum Gasteiger partial charge on any atom is -0.469 e. The summed E-state index contributed by atoms with van der Waals surface area (Å²) >= 11 is 0. The monoisotopic (exact) mass is 258 g/mol. The maximum absolute atomic E-state index is 11.0. The number of methoxy groups -OCH3 is 2. The zero-order valence-corrected chi connectivity index (χ0v) is 11.2. The van der Waals surface area contributed by atoms with Crippen LogP contribution in [-0.2, 0) is 19.1 Å². The third-order valence-corrected chi connectivity index (χ3v) is 3.18. The molecule has 1 fully saturated rings. The smallest absolute Gasteiger partial charge is 0.306 e. The highest BCUT2D eigenvalue weighted by atomic mass is 16.5. The van der Waals surface area contributed by atoms with E-state index in [0.29, 0.717) is 12.8 Å². The van der Waals surface area contributed by atoms with Gasteiger partial charge in [-0.25, -0.2) is 0 Å². The first kappa shape index (κ1) is 14.9. The van der Waals surface area contributed by atoms with Crippen molar-refractivity contribution >= 4 is 11.9 Å². The van der Waals surface area contributed by atoms with Gasteiger partial charge in [0.15, 0.2) is 0 Å². The van der Waals surface area contributed by atoms with E-state index in [2.05, 4.69) is 19.3 Å². The molecule has 6 heteroatoms. The predicted octanol–water partition coefficient (Wildman–Crippen LogP) is -0.270. The third-order valence-electron chi connectivity index (χ3n) is 3.18. The van der Waals surface area contributed by atoms with Crippen LogP contribution in [0.3, 0.4) is 0 Å². The number of nitrogens with zero attached hydrogens (tertiary/aromatic N) is 2. The molecule has 1 saturated heterocycles. The number of esters is 2. The second-order valence-electron chi connectivity index (χ2n) is 4.34. The number of carbonyl (C=O) groups excluding carboxylic acids is 2. The summed E-state index contributed by atoms with van der Waals surface area (Å²) in [7, 11) is 2.82. The van der Waals surface area contributed by atoms with Crippen LogP contribution in [0.5, 0.6) is 0 Å². The fourth-order valence-electron chi connectivity index (χ4n) is 1.94. The van der Waals surface area contributed by atoms with E-state index in [1.165, 1.54) is 14.2 Å². The molecule has 1 aliphatic heterocycles. The van der Waals surface area contributed by atoms with Gasteiger partial charge >= 0.3 is 11.9 Å². The number of hydrogen-bond acceptors (Lipinski definition) is 6. The number of carbonyl (C=O) groups is 2. The molecule has 104 valence electrons. The highest BCUT2D eigenvalue weighted by Crippen LogP contribution is 2.04. The fraction of sp³-hybridized carbons (Fsp3) is 0.833. The SMILES string of the molecule is COC(=O)CCN1CCN(CCC(=O)OC)CC1. The molecule has 0 aliphatic carbocycles. The van der Waals surface area contributed by atoms with Crippen LogP contribution >= 0.6 is 0 Å². The highest BCUT2D eigenvalue weighted by molar-refractivity contribution is 5.69. The molecular weight excluding hydrogens is 236 g/mol. The molecule has 1 heterocycles. The van der Waals surface area contributed by atoms with Crippen molar-refractivity contribution in [1.82, 2.24) is 9.80 Å². The van der Waals surface area contributed by atoms with Crippen molar-refractivity contribution in [1.29, 1.82) is 0 Å². The second kappa shape index (κ2) is 8.05. The van der Waals surface area contributed by atoms with E-state index >= 15 is 0 Å². The normalized spacial score (nSPS) is 17.4. The molecular formula is C12H22N2O4. The van der Waals surface area contributed by atoms with Crippen LogP contribution in [0.4, 0.5) is 0 Å². The molecule has 0 spiro atoms. The Morgan fingerprint density at radius 2 is 1.17 bits per heavy atom. The molecule has 0 N–H and O–H groups in total. The molecule has 1 aliphatic rings. The molecule has 0 aromatic carbocycles. The van der Waals surface area contributed by atoms with Crippen molar-refractivity contribution in [3.05, 3.63) is 0 Å². The minimum atomic E-state index is -0.164. The lowest BCUT2D eigenvalue weighted by Gasteiger charge is -2.34. The maximum atomic E-state index is 11.0. The fourth-order valence-corrected chi connectivity index (χ4v) is 1.94. The Balaban J connectivity index is 2.12. The van der Waals surface area contributed by atoms with Crippen molar-refractivity contribution in [2.45, 2.75) is 12.8 Å². The van der Waals surface area contributed by atoms with Gasteiger partial charge in [0.25, 0.3) is 0 Å². The Morgan fingerprint density at radius 1 is 0.833 bits per heavy atom. The van der Waals surface area contributed by atoms with Crippen LogP contribution in [0.1, 0.15) is 12.8 Å². The summed E-state index contributed by atoms with van der Waals surface area (Å²) in [5.41, 5.74) is 0. The molecule has 18 heavy (non-hydrogen) atoms. The first-order valence-electron chi connectivity index (χ1n) is 6.24. The van der Waals surface area contributed by atoms with Gasteiger partial charge in [-0.05, 0) is 0 Å². The van der Waals surface area contributed by atoms with Gasteiger partial charge < -0.3 is 19.3 Å². The summed E-state index contributed by atoms with van der Waals surface area (Å²) in [6, 6.07) is 0. The van der Waals surface area contributed by atoms with Gasteiger partial charge in [0.05, 0.1) is 27.1 Å². The van der Waals surface area contributed by atoms with Crippen LogP contribution in [0.15, 0.2) is 0 Å². The van der Waals surface area contributed by atoms with Gasteiger partial charge in [-0.15, -0.1) is 0 Å². The van der Waals surface area contributed by atoms with Crippen molar-refractivity contribution in [2.24, 2.45) is 0 Å².